The van der Waals surface area contributed by atoms with Gasteiger partial charge in [0.05, 0.1) is 12.1 Å². The summed E-state index contributed by atoms with van der Waals surface area (Å²) in [7, 11) is 0. The Morgan fingerprint density at radius 1 is 1.33 bits per heavy atom. The van der Waals surface area contributed by atoms with Crippen LogP contribution in [0.5, 0.6) is 0 Å². The summed E-state index contributed by atoms with van der Waals surface area (Å²) in [4.78, 5) is 12.7. The van der Waals surface area contributed by atoms with E-state index in [2.05, 4.69) is 0 Å². The SMILES string of the molecule is CC(C)CN(CC(N)=O)Cc1ccc(N)cc1C(F)(F)F. The summed E-state index contributed by atoms with van der Waals surface area (Å²) in [6.07, 6.45) is -4.49. The van der Waals surface area contributed by atoms with Gasteiger partial charge in [-0.05, 0) is 23.6 Å². The van der Waals surface area contributed by atoms with E-state index in [1.54, 1.807) is 4.90 Å². The van der Waals surface area contributed by atoms with Gasteiger partial charge in [0.1, 0.15) is 0 Å². The summed E-state index contributed by atoms with van der Waals surface area (Å²) < 4.78 is 39.1. The second kappa shape index (κ2) is 6.80. The van der Waals surface area contributed by atoms with Crippen molar-refractivity contribution in [1.29, 1.82) is 0 Å². The monoisotopic (exact) mass is 303 g/mol. The van der Waals surface area contributed by atoms with Crippen LogP contribution in [0.3, 0.4) is 0 Å². The molecule has 21 heavy (non-hydrogen) atoms. The first-order valence-corrected chi connectivity index (χ1v) is 6.56. The Hall–Kier alpha value is -1.76. The first-order chi connectivity index (χ1) is 9.59. The molecule has 0 spiro atoms. The number of nitrogens with zero attached hydrogens (tertiary/aromatic N) is 1. The van der Waals surface area contributed by atoms with Gasteiger partial charge >= 0.3 is 6.18 Å². The predicted molar refractivity (Wildman–Crippen MR) is 75.2 cm³/mol. The number of nitrogens with two attached hydrogens (primary N) is 2. The van der Waals surface area contributed by atoms with E-state index >= 15 is 0 Å². The minimum atomic E-state index is -4.49. The lowest BCUT2D eigenvalue weighted by molar-refractivity contribution is -0.138. The number of alkyl halides is 3. The van der Waals surface area contributed by atoms with E-state index in [1.807, 2.05) is 13.8 Å². The molecular weight excluding hydrogens is 283 g/mol. The van der Waals surface area contributed by atoms with Crippen molar-refractivity contribution in [3.05, 3.63) is 29.3 Å². The molecule has 118 valence electrons. The average Bonchev–Trinajstić information content (AvgIpc) is 2.28. The van der Waals surface area contributed by atoms with E-state index in [1.165, 1.54) is 12.1 Å². The van der Waals surface area contributed by atoms with Crippen LogP contribution in [0, 0.1) is 5.92 Å². The lowest BCUT2D eigenvalue weighted by atomic mass is 10.0. The van der Waals surface area contributed by atoms with Crippen LogP contribution in [0.1, 0.15) is 25.0 Å². The fourth-order valence-electron chi connectivity index (χ4n) is 2.16. The molecule has 0 radical (unpaired) electrons. The van der Waals surface area contributed by atoms with Crippen LogP contribution in [0.2, 0.25) is 0 Å². The molecule has 0 aliphatic heterocycles. The Bertz CT molecular complexity index is 501. The van der Waals surface area contributed by atoms with E-state index in [0.717, 1.165) is 6.07 Å². The molecule has 0 saturated carbocycles. The molecule has 0 atom stereocenters. The normalized spacial score (nSPS) is 12.1. The Morgan fingerprint density at radius 3 is 2.43 bits per heavy atom. The molecule has 1 amide bonds. The molecule has 0 aromatic heterocycles. The van der Waals surface area contributed by atoms with Gasteiger partial charge in [-0.3, -0.25) is 9.69 Å². The van der Waals surface area contributed by atoms with Gasteiger partial charge in [0.25, 0.3) is 0 Å². The Balaban J connectivity index is 3.05. The van der Waals surface area contributed by atoms with E-state index in [-0.39, 0.29) is 30.3 Å². The molecule has 0 saturated heterocycles. The maximum Gasteiger partial charge on any atom is 0.416 e. The van der Waals surface area contributed by atoms with Gasteiger partial charge in [0.15, 0.2) is 0 Å². The highest BCUT2D eigenvalue weighted by molar-refractivity contribution is 5.75. The molecule has 0 aliphatic rings. The number of carbonyl (C=O) groups excluding carboxylic acids is 1. The predicted octanol–water partition coefficient (Wildman–Crippen LogP) is 2.23. The van der Waals surface area contributed by atoms with Crippen molar-refractivity contribution in [3.8, 4) is 0 Å². The summed E-state index contributed by atoms with van der Waals surface area (Å²) in [5.41, 5.74) is 9.93. The van der Waals surface area contributed by atoms with Crippen molar-refractivity contribution >= 4 is 11.6 Å². The van der Waals surface area contributed by atoms with Crippen LogP contribution in [0.15, 0.2) is 18.2 Å². The highest BCUT2D eigenvalue weighted by Crippen LogP contribution is 2.33. The number of benzene rings is 1. The van der Waals surface area contributed by atoms with Crippen molar-refractivity contribution in [1.82, 2.24) is 4.90 Å². The van der Waals surface area contributed by atoms with Crippen LogP contribution in [-0.2, 0) is 17.5 Å². The zero-order valence-corrected chi connectivity index (χ0v) is 12.1. The van der Waals surface area contributed by atoms with Crippen molar-refractivity contribution in [2.24, 2.45) is 11.7 Å². The summed E-state index contributed by atoms with van der Waals surface area (Å²) in [6, 6.07) is 3.67. The van der Waals surface area contributed by atoms with Gasteiger partial charge in [-0.2, -0.15) is 13.2 Å². The van der Waals surface area contributed by atoms with Crippen molar-refractivity contribution in [2.75, 3.05) is 18.8 Å². The standard InChI is InChI=1S/C14H20F3N3O/c1-9(2)6-20(8-13(19)21)7-10-3-4-11(18)5-12(10)14(15,16)17/h3-5,9H,6-8,18H2,1-2H3,(H2,19,21). The number of halogens is 3. The summed E-state index contributed by atoms with van der Waals surface area (Å²) >= 11 is 0. The van der Waals surface area contributed by atoms with Gasteiger partial charge in [-0.1, -0.05) is 19.9 Å². The van der Waals surface area contributed by atoms with Crippen molar-refractivity contribution in [2.45, 2.75) is 26.6 Å². The van der Waals surface area contributed by atoms with Crippen LogP contribution >= 0.6 is 0 Å². The molecule has 4 nitrogen and oxygen atoms in total. The molecule has 0 heterocycles. The summed E-state index contributed by atoms with van der Waals surface area (Å²) in [5.74, 6) is -0.368. The molecule has 4 N–H and O–H groups in total. The number of amides is 1. The number of carbonyl (C=O) groups is 1. The molecule has 0 aliphatic carbocycles. The second-order valence-corrected chi connectivity index (χ2v) is 5.44. The maximum absolute atomic E-state index is 13.0. The molecule has 0 fully saturated rings. The lowest BCUT2D eigenvalue weighted by Gasteiger charge is -2.24. The van der Waals surface area contributed by atoms with Gasteiger partial charge < -0.3 is 11.5 Å². The maximum atomic E-state index is 13.0. The Kier molecular flexibility index (Phi) is 5.60. The van der Waals surface area contributed by atoms with Crippen LogP contribution in [-0.4, -0.2) is 23.9 Å². The van der Waals surface area contributed by atoms with Crippen LogP contribution < -0.4 is 11.5 Å². The topological polar surface area (TPSA) is 72.3 Å². The van der Waals surface area contributed by atoms with Gasteiger partial charge in [0, 0.05) is 18.8 Å². The van der Waals surface area contributed by atoms with E-state index in [9.17, 15) is 18.0 Å². The Morgan fingerprint density at radius 2 is 1.95 bits per heavy atom. The minimum Gasteiger partial charge on any atom is -0.399 e. The average molecular weight is 303 g/mol. The number of nitrogen functional groups attached to an aromatic ring is 1. The number of hydrogen-bond acceptors (Lipinski definition) is 3. The summed E-state index contributed by atoms with van der Waals surface area (Å²) in [6.45, 7) is 4.23. The van der Waals surface area contributed by atoms with Crippen LogP contribution in [0.4, 0.5) is 18.9 Å². The highest BCUT2D eigenvalue weighted by atomic mass is 19.4. The first kappa shape index (κ1) is 17.3. The third kappa shape index (κ3) is 5.63. The first-order valence-electron chi connectivity index (χ1n) is 6.56. The van der Waals surface area contributed by atoms with E-state index in [4.69, 9.17) is 11.5 Å². The third-order valence-corrected chi connectivity index (χ3v) is 2.84. The number of anilines is 1. The van der Waals surface area contributed by atoms with Gasteiger partial charge in [-0.15, -0.1) is 0 Å². The Labute approximate surface area is 121 Å². The number of primary amides is 1. The van der Waals surface area contributed by atoms with Gasteiger partial charge in [0.2, 0.25) is 5.91 Å². The number of hydrogen-bond donors (Lipinski definition) is 2. The largest absolute Gasteiger partial charge is 0.416 e. The highest BCUT2D eigenvalue weighted by Gasteiger charge is 2.33. The molecule has 7 heteroatoms. The minimum absolute atomic E-state index is 0.00373. The third-order valence-electron chi connectivity index (χ3n) is 2.84. The summed E-state index contributed by atoms with van der Waals surface area (Å²) in [5, 5.41) is 0. The molecule has 0 unspecified atom stereocenters. The molecule has 1 aromatic carbocycles. The molecule has 1 rings (SSSR count). The molecular formula is C14H20F3N3O. The fourth-order valence-corrected chi connectivity index (χ4v) is 2.16. The molecule has 0 bridgehead atoms. The van der Waals surface area contributed by atoms with Crippen molar-refractivity contribution < 1.29 is 18.0 Å². The van der Waals surface area contributed by atoms with E-state index in [0.29, 0.717) is 6.54 Å². The van der Waals surface area contributed by atoms with Gasteiger partial charge in [-0.25, -0.2) is 0 Å². The molecule has 1 aromatic rings. The fraction of sp³-hybridized carbons (Fsp3) is 0.500. The lowest BCUT2D eigenvalue weighted by Crippen LogP contribution is -2.36. The van der Waals surface area contributed by atoms with Crippen molar-refractivity contribution in [3.63, 3.8) is 0 Å². The zero-order chi connectivity index (χ0) is 16.2. The quantitative estimate of drug-likeness (QED) is 0.792. The smallest absolute Gasteiger partial charge is 0.399 e. The van der Waals surface area contributed by atoms with E-state index < -0.39 is 17.6 Å². The number of rotatable bonds is 6. The zero-order valence-electron chi connectivity index (χ0n) is 12.1. The van der Waals surface area contributed by atoms with Crippen LogP contribution in [0.25, 0.3) is 0 Å². The second-order valence-electron chi connectivity index (χ2n) is 5.44.